The lowest BCUT2D eigenvalue weighted by Crippen LogP contribution is -2.34. The molecule has 0 bridgehead atoms. The lowest BCUT2D eigenvalue weighted by Gasteiger charge is -2.15. The van der Waals surface area contributed by atoms with Gasteiger partial charge < -0.3 is 5.32 Å². The van der Waals surface area contributed by atoms with Crippen LogP contribution in [0, 0.1) is 5.82 Å². The van der Waals surface area contributed by atoms with Gasteiger partial charge in [-0.25, -0.2) is 4.39 Å². The molecule has 1 amide bonds. The minimum absolute atomic E-state index is 0.0293. The fourth-order valence-electron chi connectivity index (χ4n) is 3.14. The number of fused-ring (bicyclic) bond motifs is 1. The first-order chi connectivity index (χ1) is 12.7. The maximum atomic E-state index is 13.0. The monoisotopic (exact) mass is 370 g/mol. The number of thiophene rings is 1. The number of benzene rings is 1. The minimum atomic E-state index is -0.237. The average molecular weight is 370 g/mol. The molecule has 3 heterocycles. The van der Waals surface area contributed by atoms with E-state index < -0.39 is 0 Å². The number of carbonyl (C=O) groups excluding carboxylic acids is 1. The molecule has 26 heavy (non-hydrogen) atoms. The summed E-state index contributed by atoms with van der Waals surface area (Å²) >= 11 is 1.64. The zero-order chi connectivity index (χ0) is 17.9. The van der Waals surface area contributed by atoms with Crippen molar-refractivity contribution in [2.45, 2.75) is 26.2 Å². The molecule has 134 valence electrons. The number of hydrogen-bond donors (Lipinski definition) is 1. The summed E-state index contributed by atoms with van der Waals surface area (Å²) in [6.07, 6.45) is 1.86. The number of hydrogen-bond acceptors (Lipinski definition) is 4. The maximum Gasteiger partial charge on any atom is 0.234 e. The Bertz CT molecular complexity index is 889. The Morgan fingerprint density at radius 2 is 2.08 bits per heavy atom. The van der Waals surface area contributed by atoms with Gasteiger partial charge in [-0.2, -0.15) is 5.10 Å². The van der Waals surface area contributed by atoms with Crippen molar-refractivity contribution in [2.24, 2.45) is 0 Å². The van der Waals surface area contributed by atoms with Gasteiger partial charge in [0.15, 0.2) is 0 Å². The van der Waals surface area contributed by atoms with Crippen LogP contribution in [-0.2, 0) is 31.0 Å². The van der Waals surface area contributed by atoms with Crippen LogP contribution in [0.3, 0.4) is 0 Å². The summed E-state index contributed by atoms with van der Waals surface area (Å²) in [4.78, 5) is 15.4. The zero-order valence-electron chi connectivity index (χ0n) is 14.2. The molecule has 1 aliphatic rings. The average Bonchev–Trinajstić information content (AvgIpc) is 3.34. The van der Waals surface area contributed by atoms with Crippen molar-refractivity contribution in [3.63, 3.8) is 0 Å². The molecule has 0 spiro atoms. The highest BCUT2D eigenvalue weighted by atomic mass is 32.1. The Labute approximate surface area is 155 Å². The van der Waals surface area contributed by atoms with Crippen molar-refractivity contribution in [3.8, 4) is 0 Å². The minimum Gasteiger partial charge on any atom is -0.350 e. The van der Waals surface area contributed by atoms with E-state index in [1.165, 1.54) is 12.1 Å². The molecule has 4 rings (SSSR count). The van der Waals surface area contributed by atoms with Crippen LogP contribution in [0.2, 0.25) is 0 Å². The Morgan fingerprint density at radius 3 is 2.85 bits per heavy atom. The number of nitrogens with one attached hydrogen (secondary N) is 1. The van der Waals surface area contributed by atoms with Gasteiger partial charge in [0.25, 0.3) is 0 Å². The Hall–Kier alpha value is -2.51. The summed E-state index contributed by atoms with van der Waals surface area (Å²) in [6.45, 7) is 2.98. The Kier molecular flexibility index (Phi) is 4.81. The van der Waals surface area contributed by atoms with Crippen LogP contribution < -0.4 is 5.32 Å². The number of carbonyl (C=O) groups is 1. The van der Waals surface area contributed by atoms with Gasteiger partial charge in [-0.05, 0) is 29.1 Å². The first-order valence-electron chi connectivity index (χ1n) is 8.47. The van der Waals surface area contributed by atoms with Crippen LogP contribution in [0.5, 0.6) is 0 Å². The van der Waals surface area contributed by atoms with Crippen molar-refractivity contribution < 1.29 is 9.18 Å². The van der Waals surface area contributed by atoms with E-state index in [9.17, 15) is 9.18 Å². The van der Waals surface area contributed by atoms with E-state index in [4.69, 9.17) is 0 Å². The summed E-state index contributed by atoms with van der Waals surface area (Å²) in [5.41, 5.74) is 3.28. The van der Waals surface area contributed by atoms with Gasteiger partial charge in [0, 0.05) is 23.5 Å². The van der Waals surface area contributed by atoms with Crippen molar-refractivity contribution in [2.75, 3.05) is 6.54 Å². The topological polar surface area (TPSA) is 50.2 Å². The largest absolute Gasteiger partial charge is 0.350 e. The van der Waals surface area contributed by atoms with Crippen molar-refractivity contribution in [1.29, 1.82) is 0 Å². The van der Waals surface area contributed by atoms with Crippen LogP contribution in [-0.4, -0.2) is 27.1 Å². The first kappa shape index (κ1) is 16.9. The van der Waals surface area contributed by atoms with E-state index in [2.05, 4.69) is 15.3 Å². The summed E-state index contributed by atoms with van der Waals surface area (Å²) in [5.74, 6) is -0.208. The number of aromatic nitrogens is 2. The summed E-state index contributed by atoms with van der Waals surface area (Å²) < 4.78 is 15.0. The first-order valence-corrected chi connectivity index (χ1v) is 9.35. The van der Waals surface area contributed by atoms with Crippen molar-refractivity contribution in [3.05, 3.63) is 75.5 Å². The predicted molar refractivity (Wildman–Crippen MR) is 98.0 cm³/mol. The quantitative estimate of drug-likeness (QED) is 0.726. The second kappa shape index (κ2) is 7.39. The van der Waals surface area contributed by atoms with Gasteiger partial charge in [-0.1, -0.05) is 18.2 Å². The molecule has 7 heteroatoms. The summed E-state index contributed by atoms with van der Waals surface area (Å²) in [6, 6.07) is 10.5. The molecular formula is C19H19FN4OS. The van der Waals surface area contributed by atoms with E-state index in [0.717, 1.165) is 28.2 Å². The highest BCUT2D eigenvalue weighted by Crippen LogP contribution is 2.23. The molecule has 3 aromatic rings. The van der Waals surface area contributed by atoms with E-state index >= 15 is 0 Å². The Morgan fingerprint density at radius 1 is 1.23 bits per heavy atom. The number of rotatable bonds is 6. The third-order valence-corrected chi connectivity index (χ3v) is 5.33. The number of nitrogens with zero attached hydrogens (tertiary/aromatic N) is 3. The number of amides is 1. The SMILES string of the molecule is O=C(CN1Cc2cnn(Cc3ccc(F)cc3)c2C1)NCc1cccs1. The lowest BCUT2D eigenvalue weighted by molar-refractivity contribution is -0.122. The van der Waals surface area contributed by atoms with Gasteiger partial charge in [0.1, 0.15) is 5.82 Å². The third-order valence-electron chi connectivity index (χ3n) is 4.46. The molecule has 0 saturated carbocycles. The van der Waals surface area contributed by atoms with E-state index in [1.54, 1.807) is 23.5 Å². The molecule has 0 aliphatic carbocycles. The van der Waals surface area contributed by atoms with Crippen LogP contribution in [0.15, 0.2) is 48.0 Å². The fourth-order valence-corrected chi connectivity index (χ4v) is 3.79. The highest BCUT2D eigenvalue weighted by molar-refractivity contribution is 7.09. The molecule has 2 aromatic heterocycles. The van der Waals surface area contributed by atoms with Gasteiger partial charge >= 0.3 is 0 Å². The van der Waals surface area contributed by atoms with E-state index in [0.29, 0.717) is 26.2 Å². The molecule has 0 fully saturated rings. The Balaban J connectivity index is 1.33. The van der Waals surface area contributed by atoms with E-state index in [-0.39, 0.29) is 11.7 Å². The molecular weight excluding hydrogens is 351 g/mol. The molecule has 1 aromatic carbocycles. The van der Waals surface area contributed by atoms with Crippen LogP contribution in [0.4, 0.5) is 4.39 Å². The predicted octanol–water partition coefficient (Wildman–Crippen LogP) is 2.76. The molecule has 0 atom stereocenters. The fraction of sp³-hybridized carbons (Fsp3) is 0.263. The van der Waals surface area contributed by atoms with Gasteiger partial charge in [0.05, 0.1) is 31.5 Å². The highest BCUT2D eigenvalue weighted by Gasteiger charge is 2.25. The van der Waals surface area contributed by atoms with Gasteiger partial charge in [-0.3, -0.25) is 14.4 Å². The molecule has 0 radical (unpaired) electrons. The van der Waals surface area contributed by atoms with Gasteiger partial charge in [0.2, 0.25) is 5.91 Å². The second-order valence-corrected chi connectivity index (χ2v) is 7.43. The third kappa shape index (κ3) is 3.84. The number of halogens is 1. The molecule has 1 aliphatic heterocycles. The normalized spacial score (nSPS) is 13.7. The van der Waals surface area contributed by atoms with Crippen LogP contribution in [0.25, 0.3) is 0 Å². The lowest BCUT2D eigenvalue weighted by atomic mass is 10.2. The standard InChI is InChI=1S/C19H19FN4OS/c20-16-5-3-14(4-6-16)10-24-18-12-23(11-15(18)8-22-24)13-19(25)21-9-17-2-1-7-26-17/h1-8H,9-13H2,(H,21,25). The van der Waals surface area contributed by atoms with Crippen molar-refractivity contribution >= 4 is 17.2 Å². The summed E-state index contributed by atoms with van der Waals surface area (Å²) in [7, 11) is 0. The van der Waals surface area contributed by atoms with Crippen LogP contribution >= 0.6 is 11.3 Å². The molecule has 5 nitrogen and oxygen atoms in total. The molecule has 0 saturated heterocycles. The maximum absolute atomic E-state index is 13.0. The van der Waals surface area contributed by atoms with Gasteiger partial charge in [-0.15, -0.1) is 11.3 Å². The van der Waals surface area contributed by atoms with E-state index in [1.807, 2.05) is 28.4 Å². The zero-order valence-corrected chi connectivity index (χ0v) is 15.0. The summed E-state index contributed by atoms with van der Waals surface area (Å²) in [5, 5.41) is 9.40. The smallest absolute Gasteiger partial charge is 0.234 e. The molecule has 1 N–H and O–H groups in total. The second-order valence-electron chi connectivity index (χ2n) is 6.40. The van der Waals surface area contributed by atoms with Crippen LogP contribution in [0.1, 0.15) is 21.7 Å². The van der Waals surface area contributed by atoms with Crippen molar-refractivity contribution in [1.82, 2.24) is 20.0 Å². The molecule has 0 unspecified atom stereocenters.